The predicted octanol–water partition coefficient (Wildman–Crippen LogP) is 2.80. The molecule has 0 radical (unpaired) electrons. The first-order valence-electron chi connectivity index (χ1n) is 6.89. The highest BCUT2D eigenvalue weighted by atomic mass is 16.5. The number of rotatable bonds is 4. The van der Waals surface area contributed by atoms with Gasteiger partial charge in [0.05, 0.1) is 7.11 Å². The molecule has 1 heterocycles. The van der Waals surface area contributed by atoms with Crippen molar-refractivity contribution >= 4 is 17.7 Å². The number of guanidine groups is 1. The summed E-state index contributed by atoms with van der Waals surface area (Å²) in [6.45, 7) is 0. The van der Waals surface area contributed by atoms with Gasteiger partial charge in [-0.3, -0.25) is 0 Å². The fourth-order valence-electron chi connectivity index (χ4n) is 1.92. The van der Waals surface area contributed by atoms with Gasteiger partial charge in [0, 0.05) is 11.3 Å². The molecule has 23 heavy (non-hydrogen) atoms. The molecule has 0 amide bonds. The van der Waals surface area contributed by atoms with Crippen molar-refractivity contribution in [2.45, 2.75) is 0 Å². The first-order chi connectivity index (χ1) is 11.2. The first-order valence-corrected chi connectivity index (χ1v) is 6.89. The molecule has 0 unspecified atom stereocenters. The number of hydrogen-bond donors (Lipinski definition) is 2. The quantitative estimate of drug-likeness (QED) is 0.568. The van der Waals surface area contributed by atoms with Gasteiger partial charge in [0.2, 0.25) is 11.8 Å². The molecule has 3 N–H and O–H groups in total. The maximum atomic E-state index is 5.84. The summed E-state index contributed by atoms with van der Waals surface area (Å²) in [6.07, 6.45) is 0. The molecule has 0 aliphatic rings. The van der Waals surface area contributed by atoms with Gasteiger partial charge in [-0.1, -0.05) is 35.5 Å². The molecule has 1 aromatic heterocycles. The van der Waals surface area contributed by atoms with E-state index in [4.69, 9.17) is 15.0 Å². The molecule has 0 spiro atoms. The zero-order valence-electron chi connectivity index (χ0n) is 12.4. The van der Waals surface area contributed by atoms with Crippen molar-refractivity contribution in [2.75, 3.05) is 12.4 Å². The Morgan fingerprint density at radius 2 is 1.87 bits per heavy atom. The number of methoxy groups -OCH3 is 1. The van der Waals surface area contributed by atoms with Crippen LogP contribution in [0.15, 0.2) is 64.1 Å². The molecule has 0 fully saturated rings. The van der Waals surface area contributed by atoms with E-state index in [9.17, 15) is 0 Å². The van der Waals surface area contributed by atoms with Gasteiger partial charge >= 0.3 is 6.01 Å². The normalized spacial score (nSPS) is 11.3. The van der Waals surface area contributed by atoms with Crippen LogP contribution in [0.2, 0.25) is 0 Å². The highest BCUT2D eigenvalue weighted by molar-refractivity contribution is 5.93. The van der Waals surface area contributed by atoms with Crippen molar-refractivity contribution in [2.24, 2.45) is 10.7 Å². The van der Waals surface area contributed by atoms with Crippen molar-refractivity contribution in [1.82, 2.24) is 10.1 Å². The molecule has 0 aliphatic carbocycles. The van der Waals surface area contributed by atoms with Crippen molar-refractivity contribution in [3.8, 4) is 17.1 Å². The molecule has 0 aliphatic heterocycles. The topological polar surface area (TPSA) is 98.6 Å². The van der Waals surface area contributed by atoms with Crippen molar-refractivity contribution in [3.63, 3.8) is 0 Å². The molecule has 7 nitrogen and oxygen atoms in total. The Balaban J connectivity index is 1.72. The van der Waals surface area contributed by atoms with Crippen molar-refractivity contribution in [3.05, 3.63) is 54.6 Å². The second-order valence-corrected chi connectivity index (χ2v) is 4.62. The third-order valence-corrected chi connectivity index (χ3v) is 3.03. The lowest BCUT2D eigenvalue weighted by Gasteiger charge is -2.05. The molecule has 0 saturated heterocycles. The average molecular weight is 309 g/mol. The van der Waals surface area contributed by atoms with E-state index in [1.165, 1.54) is 0 Å². The van der Waals surface area contributed by atoms with Gasteiger partial charge < -0.3 is 20.3 Å². The number of hydrogen-bond acceptors (Lipinski definition) is 5. The molecular formula is C16H15N5O2. The molecule has 2 aromatic carbocycles. The van der Waals surface area contributed by atoms with E-state index in [0.717, 1.165) is 17.0 Å². The Morgan fingerprint density at radius 1 is 1.13 bits per heavy atom. The van der Waals surface area contributed by atoms with Gasteiger partial charge in [-0.2, -0.15) is 9.98 Å². The van der Waals surface area contributed by atoms with Crippen LogP contribution >= 0.6 is 0 Å². The monoisotopic (exact) mass is 309 g/mol. The number of benzene rings is 2. The minimum Gasteiger partial charge on any atom is -0.497 e. The maximum Gasteiger partial charge on any atom is 0.351 e. The van der Waals surface area contributed by atoms with E-state index < -0.39 is 0 Å². The van der Waals surface area contributed by atoms with Crippen LogP contribution in [0.5, 0.6) is 5.75 Å². The Kier molecular flexibility index (Phi) is 4.19. The molecule has 0 saturated carbocycles. The SMILES string of the molecule is COc1ccc(N/C(N)=N/c2nc(-c3ccccc3)no2)cc1. The van der Waals surface area contributed by atoms with Crippen LogP contribution in [0.1, 0.15) is 0 Å². The number of aliphatic imine (C=N–C) groups is 1. The molecule has 3 rings (SSSR count). The fraction of sp³-hybridized carbons (Fsp3) is 0.0625. The summed E-state index contributed by atoms with van der Waals surface area (Å²) in [6, 6.07) is 16.8. The summed E-state index contributed by atoms with van der Waals surface area (Å²) in [5.74, 6) is 1.37. The van der Waals surface area contributed by atoms with Gasteiger partial charge in [-0.05, 0) is 24.3 Å². The molecule has 0 bridgehead atoms. The zero-order valence-corrected chi connectivity index (χ0v) is 12.4. The Hall–Kier alpha value is -3.35. The van der Waals surface area contributed by atoms with E-state index in [0.29, 0.717) is 5.82 Å². The summed E-state index contributed by atoms with van der Waals surface area (Å²) in [5.41, 5.74) is 7.46. The third kappa shape index (κ3) is 3.65. The Morgan fingerprint density at radius 3 is 2.57 bits per heavy atom. The number of nitrogens with one attached hydrogen (secondary N) is 1. The Labute approximate surface area is 132 Å². The predicted molar refractivity (Wildman–Crippen MR) is 87.6 cm³/mol. The maximum absolute atomic E-state index is 5.84. The van der Waals surface area contributed by atoms with Crippen LogP contribution in [-0.2, 0) is 0 Å². The van der Waals surface area contributed by atoms with Gasteiger partial charge in [-0.15, -0.1) is 0 Å². The lowest BCUT2D eigenvalue weighted by molar-refractivity contribution is 0.415. The molecule has 3 aromatic rings. The van der Waals surface area contributed by atoms with E-state index in [1.54, 1.807) is 7.11 Å². The third-order valence-electron chi connectivity index (χ3n) is 3.03. The number of anilines is 1. The van der Waals surface area contributed by atoms with Crippen molar-refractivity contribution < 1.29 is 9.26 Å². The molecule has 116 valence electrons. The number of nitrogens with zero attached hydrogens (tertiary/aromatic N) is 3. The van der Waals surface area contributed by atoms with Gasteiger partial charge in [0.15, 0.2) is 0 Å². The van der Waals surface area contributed by atoms with Crippen LogP contribution in [0, 0.1) is 0 Å². The minimum atomic E-state index is 0.0855. The average Bonchev–Trinajstić information content (AvgIpc) is 3.04. The molecular weight excluding hydrogens is 294 g/mol. The summed E-state index contributed by atoms with van der Waals surface area (Å²) in [5, 5.41) is 6.81. The molecule has 7 heteroatoms. The summed E-state index contributed by atoms with van der Waals surface area (Å²) in [7, 11) is 1.61. The lowest BCUT2D eigenvalue weighted by atomic mass is 10.2. The van der Waals surface area contributed by atoms with Crippen LogP contribution in [-0.4, -0.2) is 23.2 Å². The largest absolute Gasteiger partial charge is 0.497 e. The summed E-state index contributed by atoms with van der Waals surface area (Å²) < 4.78 is 10.2. The van der Waals surface area contributed by atoms with Gasteiger partial charge in [0.25, 0.3) is 0 Å². The van der Waals surface area contributed by atoms with Crippen LogP contribution in [0.3, 0.4) is 0 Å². The summed E-state index contributed by atoms with van der Waals surface area (Å²) in [4.78, 5) is 8.24. The first kappa shape index (κ1) is 14.6. The van der Waals surface area contributed by atoms with E-state index in [2.05, 4.69) is 20.4 Å². The zero-order chi connectivity index (χ0) is 16.1. The van der Waals surface area contributed by atoms with Crippen LogP contribution in [0.4, 0.5) is 11.7 Å². The Bertz CT molecular complexity index is 797. The van der Waals surface area contributed by atoms with Crippen molar-refractivity contribution in [1.29, 1.82) is 0 Å². The van der Waals surface area contributed by atoms with E-state index in [1.807, 2.05) is 54.6 Å². The van der Waals surface area contributed by atoms with E-state index >= 15 is 0 Å². The number of aromatic nitrogens is 2. The minimum absolute atomic E-state index is 0.0855. The number of ether oxygens (including phenoxy) is 1. The van der Waals surface area contributed by atoms with Gasteiger partial charge in [-0.25, -0.2) is 0 Å². The highest BCUT2D eigenvalue weighted by Gasteiger charge is 2.07. The van der Waals surface area contributed by atoms with E-state index in [-0.39, 0.29) is 12.0 Å². The number of nitrogens with two attached hydrogens (primary N) is 1. The lowest BCUT2D eigenvalue weighted by Crippen LogP contribution is -2.21. The molecule has 0 atom stereocenters. The highest BCUT2D eigenvalue weighted by Crippen LogP contribution is 2.19. The second-order valence-electron chi connectivity index (χ2n) is 4.62. The smallest absolute Gasteiger partial charge is 0.351 e. The summed E-state index contributed by atoms with van der Waals surface area (Å²) >= 11 is 0. The van der Waals surface area contributed by atoms with Crippen LogP contribution < -0.4 is 15.8 Å². The van der Waals surface area contributed by atoms with Crippen LogP contribution in [0.25, 0.3) is 11.4 Å². The fourth-order valence-corrected chi connectivity index (χ4v) is 1.92. The standard InChI is InChI=1S/C16H15N5O2/c1-22-13-9-7-12(8-10-13)18-15(17)20-16-19-14(21-23-16)11-5-3-2-4-6-11/h2-10H,1H3,(H3,17,18,19,20,21). The second kappa shape index (κ2) is 6.61. The van der Waals surface area contributed by atoms with Gasteiger partial charge in [0.1, 0.15) is 5.75 Å².